The molecule has 8 heteroatoms. The van der Waals surface area contributed by atoms with Crippen molar-refractivity contribution in [2.45, 2.75) is 24.4 Å². The van der Waals surface area contributed by atoms with Crippen molar-refractivity contribution in [1.82, 2.24) is 0 Å². The zero-order chi connectivity index (χ0) is 17.7. The zero-order valence-corrected chi connectivity index (χ0v) is 13.9. The van der Waals surface area contributed by atoms with E-state index in [0.29, 0.717) is 11.1 Å². The summed E-state index contributed by atoms with van der Waals surface area (Å²) in [6.45, 7) is 0. The van der Waals surface area contributed by atoms with Crippen molar-refractivity contribution in [1.29, 1.82) is 0 Å². The normalized spacial score (nSPS) is 16.0. The maximum Gasteiger partial charge on any atom is 0.349 e. The molecule has 0 spiro atoms. The van der Waals surface area contributed by atoms with Crippen LogP contribution in [0.15, 0.2) is 42.5 Å². The Morgan fingerprint density at radius 2 is 1.71 bits per heavy atom. The summed E-state index contributed by atoms with van der Waals surface area (Å²) in [7, 11) is 0. The Balaban J connectivity index is 2.22. The van der Waals surface area contributed by atoms with E-state index in [0.717, 1.165) is 5.39 Å². The molecule has 0 unspecified atom stereocenters. The fourth-order valence-corrected chi connectivity index (χ4v) is 2.38. The minimum atomic E-state index is -2.04. The monoisotopic (exact) mass is 398 g/mol. The highest BCUT2D eigenvalue weighted by molar-refractivity contribution is 9.06. The summed E-state index contributed by atoms with van der Waals surface area (Å²) in [6.07, 6.45) is -7.08. The van der Waals surface area contributed by atoms with E-state index in [1.54, 1.807) is 24.3 Å². The second-order valence-electron chi connectivity index (χ2n) is 5.02. The number of carbonyl (C=O) groups excluding carboxylic acids is 2. The maximum absolute atomic E-state index is 11.3. The number of aliphatic hydroxyl groups is 3. The molecule has 0 aliphatic heterocycles. The fraction of sp³-hybridized carbons (Fsp3) is 0.250. The lowest BCUT2D eigenvalue weighted by molar-refractivity contribution is -0.158. The topological polar surface area (TPSA) is 113 Å². The van der Waals surface area contributed by atoms with Gasteiger partial charge in [-0.1, -0.05) is 36.4 Å². The summed E-state index contributed by atoms with van der Waals surface area (Å²) >= 11 is 2.36. The molecule has 2 rings (SSSR count). The van der Waals surface area contributed by atoms with E-state index in [4.69, 9.17) is 4.74 Å². The van der Waals surface area contributed by atoms with Gasteiger partial charge in [0.25, 0.3) is 0 Å². The molecule has 0 aromatic heterocycles. The Kier molecular flexibility index (Phi) is 6.27. The molecule has 0 heterocycles. The number of halogens is 1. The standard InChI is InChI=1S/C16H15BrO7/c17-24-16(22)15(21)14(20)13(19)12(8-18)23-11-7-3-5-9-4-1-2-6-10(9)11/h1-8,12-15,19-21H/t12-,13+,14-,15-/m0/s1. The highest BCUT2D eigenvalue weighted by Crippen LogP contribution is 2.26. The number of rotatable bonds is 7. The molecule has 128 valence electrons. The molecule has 0 aliphatic rings. The first-order chi connectivity index (χ1) is 11.5. The van der Waals surface area contributed by atoms with E-state index in [-0.39, 0.29) is 6.29 Å². The first kappa shape index (κ1) is 18.3. The van der Waals surface area contributed by atoms with Crippen molar-refractivity contribution in [3.63, 3.8) is 0 Å². The number of hydrogen-bond acceptors (Lipinski definition) is 7. The predicted molar refractivity (Wildman–Crippen MR) is 87.5 cm³/mol. The largest absolute Gasteiger partial charge is 0.479 e. The summed E-state index contributed by atoms with van der Waals surface area (Å²) in [5.74, 6) is -0.898. The Labute approximate surface area is 145 Å². The highest BCUT2D eigenvalue weighted by atomic mass is 79.9. The van der Waals surface area contributed by atoms with E-state index < -0.39 is 30.4 Å². The second kappa shape index (κ2) is 8.20. The summed E-state index contributed by atoms with van der Waals surface area (Å²) in [4.78, 5) is 22.4. The third-order valence-corrected chi connectivity index (χ3v) is 3.79. The molecule has 0 bridgehead atoms. The minimum Gasteiger partial charge on any atom is -0.479 e. The Morgan fingerprint density at radius 1 is 1.04 bits per heavy atom. The number of ether oxygens (including phenoxy) is 1. The van der Waals surface area contributed by atoms with Gasteiger partial charge in [0.15, 0.2) is 34.8 Å². The molecule has 24 heavy (non-hydrogen) atoms. The number of aliphatic hydroxyl groups excluding tert-OH is 3. The first-order valence-electron chi connectivity index (χ1n) is 6.96. The van der Waals surface area contributed by atoms with Crippen LogP contribution < -0.4 is 4.74 Å². The van der Waals surface area contributed by atoms with Gasteiger partial charge in [-0.2, -0.15) is 0 Å². The molecule has 0 amide bonds. The summed E-state index contributed by atoms with van der Waals surface area (Å²) in [5.41, 5.74) is 0. The average molecular weight is 399 g/mol. The molecule has 2 aromatic rings. The number of aldehydes is 1. The fourth-order valence-electron chi connectivity index (χ4n) is 2.19. The molecule has 4 atom stereocenters. The third-order valence-electron chi connectivity index (χ3n) is 3.47. The summed E-state index contributed by atoms with van der Waals surface area (Å²) in [5, 5.41) is 31.0. The SMILES string of the molecule is O=C[C@H](Oc1cccc2ccccc12)[C@@H](O)[C@H](O)[C@H](O)C(=O)OBr. The van der Waals surface area contributed by atoms with Gasteiger partial charge in [0.05, 0.1) is 0 Å². The van der Waals surface area contributed by atoms with Crippen molar-refractivity contribution in [2.75, 3.05) is 0 Å². The Hall–Kier alpha value is -2.00. The molecule has 3 N–H and O–H groups in total. The lowest BCUT2D eigenvalue weighted by atomic mass is 10.0. The molecular formula is C16H15BrO7. The van der Waals surface area contributed by atoms with Gasteiger partial charge in [-0.15, -0.1) is 0 Å². The molecule has 0 aliphatic carbocycles. The Morgan fingerprint density at radius 3 is 2.38 bits per heavy atom. The molecule has 0 fully saturated rings. The van der Waals surface area contributed by atoms with Crippen molar-refractivity contribution < 1.29 is 33.5 Å². The van der Waals surface area contributed by atoms with Gasteiger partial charge >= 0.3 is 5.97 Å². The van der Waals surface area contributed by atoms with Gasteiger partial charge in [-0.3, -0.25) is 4.79 Å². The maximum atomic E-state index is 11.3. The van der Waals surface area contributed by atoms with Crippen LogP contribution in [0.25, 0.3) is 10.8 Å². The van der Waals surface area contributed by atoms with Crippen LogP contribution in [0.3, 0.4) is 0 Å². The van der Waals surface area contributed by atoms with Crippen LogP contribution in [0.1, 0.15) is 0 Å². The summed E-state index contributed by atoms with van der Waals surface area (Å²) < 4.78 is 9.57. The van der Waals surface area contributed by atoms with Crippen LogP contribution >= 0.6 is 16.3 Å². The van der Waals surface area contributed by atoms with Crippen molar-refractivity contribution in [2.24, 2.45) is 0 Å². The number of carbonyl (C=O) groups is 2. The number of hydrogen-bond donors (Lipinski definition) is 3. The van der Waals surface area contributed by atoms with Crippen LogP contribution in [0.4, 0.5) is 0 Å². The van der Waals surface area contributed by atoms with E-state index in [1.807, 2.05) is 18.2 Å². The van der Waals surface area contributed by atoms with E-state index in [2.05, 4.69) is 20.1 Å². The molecule has 2 aromatic carbocycles. The highest BCUT2D eigenvalue weighted by Gasteiger charge is 2.37. The first-order valence-corrected chi connectivity index (χ1v) is 7.60. The molecule has 7 nitrogen and oxygen atoms in total. The minimum absolute atomic E-state index is 0.280. The lowest BCUT2D eigenvalue weighted by Gasteiger charge is -2.26. The van der Waals surface area contributed by atoms with Crippen LogP contribution in [0.5, 0.6) is 5.75 Å². The quantitative estimate of drug-likeness (QED) is 0.588. The van der Waals surface area contributed by atoms with E-state index in [1.165, 1.54) is 0 Å². The zero-order valence-electron chi connectivity index (χ0n) is 12.3. The van der Waals surface area contributed by atoms with Crippen LogP contribution in [-0.2, 0) is 13.4 Å². The second-order valence-corrected chi connectivity index (χ2v) is 5.34. The smallest absolute Gasteiger partial charge is 0.349 e. The van der Waals surface area contributed by atoms with Crippen molar-refractivity contribution in [3.8, 4) is 5.75 Å². The lowest BCUT2D eigenvalue weighted by Crippen LogP contribution is -2.50. The van der Waals surface area contributed by atoms with Gasteiger partial charge in [0.2, 0.25) is 0 Å². The number of benzene rings is 2. The third kappa shape index (κ3) is 3.90. The summed E-state index contributed by atoms with van der Waals surface area (Å²) in [6, 6.07) is 12.4. The van der Waals surface area contributed by atoms with Gasteiger partial charge in [-0.05, 0) is 11.5 Å². The molecule has 0 saturated carbocycles. The van der Waals surface area contributed by atoms with Crippen molar-refractivity contribution in [3.05, 3.63) is 42.5 Å². The van der Waals surface area contributed by atoms with Gasteiger partial charge in [0, 0.05) is 5.39 Å². The molecular weight excluding hydrogens is 384 g/mol. The van der Waals surface area contributed by atoms with Gasteiger partial charge < -0.3 is 23.9 Å². The van der Waals surface area contributed by atoms with Gasteiger partial charge in [0.1, 0.15) is 18.0 Å². The van der Waals surface area contributed by atoms with Crippen molar-refractivity contribution >= 4 is 39.3 Å². The van der Waals surface area contributed by atoms with Crippen LogP contribution in [0, 0.1) is 0 Å². The van der Waals surface area contributed by atoms with Gasteiger partial charge in [-0.25, -0.2) is 4.79 Å². The average Bonchev–Trinajstić information content (AvgIpc) is 2.63. The Bertz CT molecular complexity index is 715. The van der Waals surface area contributed by atoms with E-state index in [9.17, 15) is 24.9 Å². The number of fused-ring (bicyclic) bond motifs is 1. The van der Waals surface area contributed by atoms with E-state index >= 15 is 0 Å². The molecule has 0 saturated heterocycles. The van der Waals surface area contributed by atoms with Crippen LogP contribution in [0.2, 0.25) is 0 Å². The predicted octanol–water partition coefficient (Wildman–Crippen LogP) is 0.722. The van der Waals surface area contributed by atoms with Crippen LogP contribution in [-0.4, -0.2) is 52.0 Å². The molecule has 0 radical (unpaired) electrons.